The van der Waals surface area contributed by atoms with E-state index in [1.807, 2.05) is 91.0 Å². The Morgan fingerprint density at radius 2 is 0.913 bits per heavy atom. The van der Waals surface area contributed by atoms with E-state index in [9.17, 15) is 9.90 Å². The van der Waals surface area contributed by atoms with Gasteiger partial charge in [-0.1, -0.05) is 91.0 Å². The van der Waals surface area contributed by atoms with Crippen molar-refractivity contribution in [2.45, 2.75) is 0 Å². The van der Waals surface area contributed by atoms with E-state index in [0.717, 1.165) is 16.7 Å². The maximum atomic E-state index is 12.0. The molecule has 112 valence electrons. The molecule has 0 heterocycles. The average Bonchev–Trinajstić information content (AvgIpc) is 2.61. The van der Waals surface area contributed by atoms with E-state index in [1.165, 1.54) is 0 Å². The van der Waals surface area contributed by atoms with Gasteiger partial charge in [-0.2, -0.15) is 0 Å². The first-order chi connectivity index (χ1) is 11.3. The molecule has 23 heavy (non-hydrogen) atoms. The molecule has 0 aliphatic rings. The number of carboxylic acids is 1. The minimum Gasteiger partial charge on any atom is -0.478 e. The van der Waals surface area contributed by atoms with E-state index < -0.39 is 5.97 Å². The summed E-state index contributed by atoms with van der Waals surface area (Å²) in [6.45, 7) is 0. The number of rotatable bonds is 4. The molecule has 1 N–H and O–H groups in total. The summed E-state index contributed by atoms with van der Waals surface area (Å²) >= 11 is 0. The average molecular weight is 300 g/mol. The summed E-state index contributed by atoms with van der Waals surface area (Å²) in [5.41, 5.74) is 3.51. The van der Waals surface area contributed by atoms with Gasteiger partial charge in [0.1, 0.15) is 0 Å². The molecule has 0 unspecified atom stereocenters. The van der Waals surface area contributed by atoms with Gasteiger partial charge < -0.3 is 5.11 Å². The Kier molecular flexibility index (Phi) is 4.34. The molecule has 2 nitrogen and oxygen atoms in total. The molecule has 3 rings (SSSR count). The van der Waals surface area contributed by atoms with Gasteiger partial charge in [0.05, 0.1) is 5.57 Å². The van der Waals surface area contributed by atoms with E-state index in [2.05, 4.69) is 0 Å². The SMILES string of the molecule is O=C(O)C(=C(c1ccccc1)c1ccccc1)c1ccccc1. The first-order valence-corrected chi connectivity index (χ1v) is 7.41. The van der Waals surface area contributed by atoms with E-state index in [-0.39, 0.29) is 0 Å². The third kappa shape index (κ3) is 3.22. The normalized spacial score (nSPS) is 10.1. The Hall–Kier alpha value is -3.13. The maximum absolute atomic E-state index is 12.0. The molecule has 0 aliphatic carbocycles. The minimum atomic E-state index is -0.932. The zero-order valence-corrected chi connectivity index (χ0v) is 12.5. The smallest absolute Gasteiger partial charge is 0.336 e. The molecule has 0 fully saturated rings. The quantitative estimate of drug-likeness (QED) is 0.558. The summed E-state index contributed by atoms with van der Waals surface area (Å²) in [5, 5.41) is 9.86. The van der Waals surface area contributed by atoms with Crippen LogP contribution in [0.3, 0.4) is 0 Å². The second-order valence-electron chi connectivity index (χ2n) is 5.15. The van der Waals surface area contributed by atoms with Gasteiger partial charge >= 0.3 is 5.97 Å². The van der Waals surface area contributed by atoms with Gasteiger partial charge in [-0.05, 0) is 16.7 Å². The van der Waals surface area contributed by atoms with E-state index >= 15 is 0 Å². The fourth-order valence-electron chi connectivity index (χ4n) is 2.64. The molecule has 0 bridgehead atoms. The number of hydrogen-bond donors (Lipinski definition) is 1. The van der Waals surface area contributed by atoms with Gasteiger partial charge in [0.15, 0.2) is 0 Å². The molecular formula is C21H16O2. The number of carboxylic acid groups (broad SMARTS) is 1. The van der Waals surface area contributed by atoms with Crippen molar-refractivity contribution in [2.24, 2.45) is 0 Å². The van der Waals surface area contributed by atoms with Crippen LogP contribution in [0.25, 0.3) is 11.1 Å². The Labute approximate surface area is 135 Å². The molecular weight excluding hydrogens is 284 g/mol. The molecule has 0 amide bonds. The van der Waals surface area contributed by atoms with Crippen LogP contribution in [-0.4, -0.2) is 11.1 Å². The third-order valence-corrected chi connectivity index (χ3v) is 3.65. The zero-order chi connectivity index (χ0) is 16.1. The highest BCUT2D eigenvalue weighted by Crippen LogP contribution is 2.32. The Morgan fingerprint density at radius 3 is 1.26 bits per heavy atom. The fourth-order valence-corrected chi connectivity index (χ4v) is 2.64. The van der Waals surface area contributed by atoms with Crippen molar-refractivity contribution < 1.29 is 9.90 Å². The van der Waals surface area contributed by atoms with Crippen molar-refractivity contribution in [3.05, 3.63) is 108 Å². The van der Waals surface area contributed by atoms with Crippen LogP contribution in [0.15, 0.2) is 91.0 Å². The van der Waals surface area contributed by atoms with Crippen LogP contribution >= 0.6 is 0 Å². The summed E-state index contributed by atoms with van der Waals surface area (Å²) in [6, 6.07) is 28.5. The lowest BCUT2D eigenvalue weighted by Crippen LogP contribution is -2.05. The monoisotopic (exact) mass is 300 g/mol. The van der Waals surface area contributed by atoms with E-state index in [1.54, 1.807) is 0 Å². The lowest BCUT2D eigenvalue weighted by Gasteiger charge is -2.14. The number of benzene rings is 3. The van der Waals surface area contributed by atoms with Crippen molar-refractivity contribution >= 4 is 17.1 Å². The number of carbonyl (C=O) groups is 1. The van der Waals surface area contributed by atoms with Gasteiger partial charge in [-0.25, -0.2) is 4.79 Å². The summed E-state index contributed by atoms with van der Waals surface area (Å²) < 4.78 is 0. The van der Waals surface area contributed by atoms with Crippen molar-refractivity contribution in [3.8, 4) is 0 Å². The summed E-state index contributed by atoms with van der Waals surface area (Å²) in [4.78, 5) is 12.0. The molecule has 3 aromatic rings. The molecule has 0 saturated heterocycles. The number of hydrogen-bond acceptors (Lipinski definition) is 1. The van der Waals surface area contributed by atoms with Gasteiger partial charge in [0.25, 0.3) is 0 Å². The molecule has 0 radical (unpaired) electrons. The van der Waals surface area contributed by atoms with Crippen LogP contribution in [-0.2, 0) is 4.79 Å². The van der Waals surface area contributed by atoms with Crippen LogP contribution in [0.2, 0.25) is 0 Å². The molecule has 0 saturated carbocycles. The summed E-state index contributed by atoms with van der Waals surface area (Å²) in [7, 11) is 0. The first-order valence-electron chi connectivity index (χ1n) is 7.41. The predicted molar refractivity (Wildman–Crippen MR) is 92.9 cm³/mol. The topological polar surface area (TPSA) is 37.3 Å². The highest BCUT2D eigenvalue weighted by Gasteiger charge is 2.19. The Balaban J connectivity index is 2.34. The second-order valence-corrected chi connectivity index (χ2v) is 5.15. The van der Waals surface area contributed by atoms with Crippen molar-refractivity contribution in [3.63, 3.8) is 0 Å². The van der Waals surface area contributed by atoms with Crippen LogP contribution in [0.4, 0.5) is 0 Å². The number of aliphatic carboxylic acids is 1. The van der Waals surface area contributed by atoms with Crippen molar-refractivity contribution in [1.82, 2.24) is 0 Å². The summed E-state index contributed by atoms with van der Waals surface area (Å²) in [5.74, 6) is -0.932. The molecule has 0 spiro atoms. The third-order valence-electron chi connectivity index (χ3n) is 3.65. The molecule has 0 aromatic heterocycles. The Bertz CT molecular complexity index is 778. The maximum Gasteiger partial charge on any atom is 0.336 e. The van der Waals surface area contributed by atoms with Crippen molar-refractivity contribution in [2.75, 3.05) is 0 Å². The van der Waals surface area contributed by atoms with Crippen LogP contribution in [0, 0.1) is 0 Å². The lowest BCUT2D eigenvalue weighted by atomic mass is 9.89. The van der Waals surface area contributed by atoms with Crippen LogP contribution in [0.1, 0.15) is 16.7 Å². The summed E-state index contributed by atoms with van der Waals surface area (Å²) in [6.07, 6.45) is 0. The molecule has 0 aliphatic heterocycles. The standard InChI is InChI=1S/C21H16O2/c22-21(23)20(18-14-8-3-9-15-18)19(16-10-4-1-5-11-16)17-12-6-2-7-13-17/h1-15H,(H,22,23). The van der Waals surface area contributed by atoms with Crippen LogP contribution < -0.4 is 0 Å². The van der Waals surface area contributed by atoms with E-state index in [4.69, 9.17) is 0 Å². The van der Waals surface area contributed by atoms with E-state index in [0.29, 0.717) is 11.1 Å². The fraction of sp³-hybridized carbons (Fsp3) is 0. The highest BCUT2D eigenvalue weighted by molar-refractivity contribution is 6.26. The van der Waals surface area contributed by atoms with Gasteiger partial charge in [0, 0.05) is 5.57 Å². The van der Waals surface area contributed by atoms with Crippen LogP contribution in [0.5, 0.6) is 0 Å². The van der Waals surface area contributed by atoms with Crippen molar-refractivity contribution in [1.29, 1.82) is 0 Å². The minimum absolute atomic E-state index is 0.308. The largest absolute Gasteiger partial charge is 0.478 e. The lowest BCUT2D eigenvalue weighted by molar-refractivity contribution is -0.130. The van der Waals surface area contributed by atoms with Gasteiger partial charge in [-0.15, -0.1) is 0 Å². The first kappa shape index (κ1) is 14.8. The Morgan fingerprint density at radius 1 is 0.565 bits per heavy atom. The molecule has 2 heteroatoms. The predicted octanol–water partition coefficient (Wildman–Crippen LogP) is 4.73. The molecule has 3 aromatic carbocycles. The second kappa shape index (κ2) is 6.75. The zero-order valence-electron chi connectivity index (χ0n) is 12.5. The molecule has 0 atom stereocenters. The van der Waals surface area contributed by atoms with Gasteiger partial charge in [-0.3, -0.25) is 0 Å². The van der Waals surface area contributed by atoms with Gasteiger partial charge in [0.2, 0.25) is 0 Å². The highest BCUT2D eigenvalue weighted by atomic mass is 16.4.